The second-order valence-corrected chi connectivity index (χ2v) is 3.81. The maximum Gasteiger partial charge on any atom is 0.306 e. The summed E-state index contributed by atoms with van der Waals surface area (Å²) >= 11 is 0. The molecule has 1 aliphatic rings. The lowest BCUT2D eigenvalue weighted by atomic mass is 9.89. The van der Waals surface area contributed by atoms with Crippen LogP contribution >= 0.6 is 12.4 Å². The number of esters is 1. The van der Waals surface area contributed by atoms with Crippen LogP contribution in [-0.2, 0) is 16.1 Å². The predicted molar refractivity (Wildman–Crippen MR) is 64.8 cm³/mol. The second kappa shape index (κ2) is 5.87. The highest BCUT2D eigenvalue weighted by Crippen LogP contribution is 2.26. The van der Waals surface area contributed by atoms with Gasteiger partial charge >= 0.3 is 5.97 Å². The van der Waals surface area contributed by atoms with Crippen LogP contribution in [0, 0.1) is 0 Å². The highest BCUT2D eigenvalue weighted by atomic mass is 35.5. The van der Waals surface area contributed by atoms with Gasteiger partial charge in [-0.15, -0.1) is 12.4 Å². The lowest BCUT2D eigenvalue weighted by Gasteiger charge is -2.25. The fourth-order valence-corrected chi connectivity index (χ4v) is 2.05. The minimum Gasteiger partial charge on any atom is -0.469 e. The van der Waals surface area contributed by atoms with E-state index in [0.29, 0.717) is 6.42 Å². The van der Waals surface area contributed by atoms with E-state index < -0.39 is 0 Å². The van der Waals surface area contributed by atoms with Crippen LogP contribution in [-0.4, -0.2) is 19.6 Å². The Hall–Kier alpha value is -1.06. The highest BCUT2D eigenvalue weighted by molar-refractivity contribution is 5.85. The van der Waals surface area contributed by atoms with E-state index in [-0.39, 0.29) is 24.3 Å². The van der Waals surface area contributed by atoms with E-state index in [4.69, 9.17) is 4.74 Å². The topological polar surface area (TPSA) is 38.3 Å². The molecule has 1 aromatic carbocycles. The number of rotatable bonds is 2. The van der Waals surface area contributed by atoms with Gasteiger partial charge in [-0.2, -0.15) is 0 Å². The molecule has 0 aliphatic carbocycles. The van der Waals surface area contributed by atoms with Gasteiger partial charge in [0.05, 0.1) is 13.5 Å². The number of nitrogens with one attached hydrogen (secondary N) is 1. The number of carbonyl (C=O) groups excluding carboxylic acids is 1. The molecule has 1 aliphatic heterocycles. The van der Waals surface area contributed by atoms with Gasteiger partial charge in [-0.05, 0) is 11.1 Å². The van der Waals surface area contributed by atoms with Gasteiger partial charge in [0, 0.05) is 19.0 Å². The Labute approximate surface area is 102 Å². The first-order chi connectivity index (χ1) is 7.31. The highest BCUT2D eigenvalue weighted by Gasteiger charge is 2.21. The Morgan fingerprint density at radius 2 is 2.25 bits per heavy atom. The maximum atomic E-state index is 11.2. The summed E-state index contributed by atoms with van der Waals surface area (Å²) in [6.07, 6.45) is 0.459. The van der Waals surface area contributed by atoms with Crippen LogP contribution in [0.5, 0.6) is 0 Å². The van der Waals surface area contributed by atoms with E-state index >= 15 is 0 Å². The molecule has 0 saturated carbocycles. The molecule has 0 fully saturated rings. The molecule has 0 amide bonds. The maximum absolute atomic E-state index is 11.2. The van der Waals surface area contributed by atoms with Crippen molar-refractivity contribution >= 4 is 18.4 Å². The predicted octanol–water partition coefficient (Wildman–Crippen LogP) is 1.86. The van der Waals surface area contributed by atoms with Gasteiger partial charge in [0.15, 0.2) is 0 Å². The van der Waals surface area contributed by atoms with Gasteiger partial charge < -0.3 is 10.1 Å². The van der Waals surface area contributed by atoms with E-state index in [9.17, 15) is 4.79 Å². The zero-order chi connectivity index (χ0) is 10.7. The van der Waals surface area contributed by atoms with E-state index in [2.05, 4.69) is 17.4 Å². The van der Waals surface area contributed by atoms with Gasteiger partial charge in [-0.25, -0.2) is 0 Å². The van der Waals surface area contributed by atoms with Crippen LogP contribution in [0.2, 0.25) is 0 Å². The van der Waals surface area contributed by atoms with E-state index in [1.165, 1.54) is 18.2 Å². The lowest BCUT2D eigenvalue weighted by Crippen LogP contribution is -2.29. The van der Waals surface area contributed by atoms with Gasteiger partial charge in [-0.1, -0.05) is 24.3 Å². The Morgan fingerprint density at radius 3 is 3.00 bits per heavy atom. The van der Waals surface area contributed by atoms with Crippen molar-refractivity contribution in [2.75, 3.05) is 13.7 Å². The molecule has 2 rings (SSSR count). The van der Waals surface area contributed by atoms with E-state index in [1.807, 2.05) is 12.1 Å². The molecular formula is C12H16ClNO2. The summed E-state index contributed by atoms with van der Waals surface area (Å²) in [5.74, 6) is 0.112. The minimum absolute atomic E-state index is 0. The Balaban J connectivity index is 0.00000128. The summed E-state index contributed by atoms with van der Waals surface area (Å²) < 4.78 is 4.70. The molecule has 16 heavy (non-hydrogen) atoms. The van der Waals surface area contributed by atoms with E-state index in [1.54, 1.807) is 0 Å². The molecule has 0 spiro atoms. The Kier molecular flexibility index (Phi) is 4.77. The molecule has 4 heteroatoms. The van der Waals surface area contributed by atoms with Crippen molar-refractivity contribution in [1.82, 2.24) is 5.32 Å². The monoisotopic (exact) mass is 241 g/mol. The number of hydrogen-bond donors (Lipinski definition) is 1. The van der Waals surface area contributed by atoms with Crippen molar-refractivity contribution in [2.24, 2.45) is 0 Å². The lowest BCUT2D eigenvalue weighted by molar-refractivity contribution is -0.141. The number of benzene rings is 1. The summed E-state index contributed by atoms with van der Waals surface area (Å²) in [4.78, 5) is 11.2. The van der Waals surface area contributed by atoms with Crippen LogP contribution < -0.4 is 5.32 Å². The number of hydrogen-bond acceptors (Lipinski definition) is 3. The molecule has 88 valence electrons. The fraction of sp³-hybridized carbons (Fsp3) is 0.417. The van der Waals surface area contributed by atoms with E-state index in [0.717, 1.165) is 13.1 Å². The Bertz CT molecular complexity index is 368. The summed E-state index contributed by atoms with van der Waals surface area (Å²) in [5.41, 5.74) is 2.57. The van der Waals surface area contributed by atoms with Crippen LogP contribution in [0.1, 0.15) is 23.5 Å². The standard InChI is InChI=1S/C12H15NO2.ClH/c1-15-12(14)6-10-8-13-7-9-4-2-3-5-11(9)10;/h2-5,10,13H,6-8H2,1H3;1H. The summed E-state index contributed by atoms with van der Waals surface area (Å²) in [5, 5.41) is 3.31. The Morgan fingerprint density at radius 1 is 1.50 bits per heavy atom. The fourth-order valence-electron chi connectivity index (χ4n) is 2.05. The molecule has 1 unspecified atom stereocenters. The summed E-state index contributed by atoms with van der Waals surface area (Å²) in [6, 6.07) is 8.25. The first-order valence-electron chi connectivity index (χ1n) is 5.16. The van der Waals surface area contributed by atoms with Crippen LogP contribution in [0.3, 0.4) is 0 Å². The molecule has 1 heterocycles. The van der Waals surface area contributed by atoms with Crippen molar-refractivity contribution in [1.29, 1.82) is 0 Å². The van der Waals surface area contributed by atoms with Gasteiger partial charge in [-0.3, -0.25) is 4.79 Å². The normalized spacial score (nSPS) is 18.2. The zero-order valence-electron chi connectivity index (χ0n) is 9.23. The van der Waals surface area contributed by atoms with Crippen LogP contribution in [0.25, 0.3) is 0 Å². The molecule has 1 aromatic rings. The van der Waals surface area contributed by atoms with Gasteiger partial charge in [0.1, 0.15) is 0 Å². The number of halogens is 1. The first kappa shape index (κ1) is 13.0. The largest absolute Gasteiger partial charge is 0.469 e. The molecule has 3 nitrogen and oxygen atoms in total. The average Bonchev–Trinajstić information content (AvgIpc) is 2.29. The molecule has 1 atom stereocenters. The molecule has 0 saturated heterocycles. The second-order valence-electron chi connectivity index (χ2n) is 3.81. The molecular weight excluding hydrogens is 226 g/mol. The SMILES string of the molecule is COC(=O)CC1CNCc2ccccc21.Cl. The third kappa shape index (κ3) is 2.74. The average molecular weight is 242 g/mol. The number of methoxy groups -OCH3 is 1. The minimum atomic E-state index is -0.140. The molecule has 1 N–H and O–H groups in total. The quantitative estimate of drug-likeness (QED) is 0.804. The van der Waals surface area contributed by atoms with Crippen molar-refractivity contribution in [2.45, 2.75) is 18.9 Å². The van der Waals surface area contributed by atoms with Crippen molar-refractivity contribution in [3.63, 3.8) is 0 Å². The number of fused-ring (bicyclic) bond motifs is 1. The smallest absolute Gasteiger partial charge is 0.306 e. The van der Waals surface area contributed by atoms with Gasteiger partial charge in [0.2, 0.25) is 0 Å². The summed E-state index contributed by atoms with van der Waals surface area (Å²) in [6.45, 7) is 1.75. The summed E-state index contributed by atoms with van der Waals surface area (Å²) in [7, 11) is 1.44. The molecule has 0 bridgehead atoms. The van der Waals surface area contributed by atoms with Gasteiger partial charge in [0.25, 0.3) is 0 Å². The third-order valence-electron chi connectivity index (χ3n) is 2.84. The van der Waals surface area contributed by atoms with Crippen molar-refractivity contribution < 1.29 is 9.53 Å². The zero-order valence-corrected chi connectivity index (χ0v) is 10.0. The van der Waals surface area contributed by atoms with Crippen LogP contribution in [0.15, 0.2) is 24.3 Å². The number of carbonyl (C=O) groups is 1. The van der Waals surface area contributed by atoms with Crippen molar-refractivity contribution in [3.8, 4) is 0 Å². The molecule has 0 aromatic heterocycles. The number of ether oxygens (including phenoxy) is 1. The van der Waals surface area contributed by atoms with Crippen molar-refractivity contribution in [3.05, 3.63) is 35.4 Å². The third-order valence-corrected chi connectivity index (χ3v) is 2.84. The molecule has 0 radical (unpaired) electrons. The first-order valence-corrected chi connectivity index (χ1v) is 5.16. The van der Waals surface area contributed by atoms with Crippen LogP contribution in [0.4, 0.5) is 0 Å².